The van der Waals surface area contributed by atoms with Gasteiger partial charge in [-0.15, -0.1) is 0 Å². The number of amides is 1. The van der Waals surface area contributed by atoms with Crippen LogP contribution in [0.25, 0.3) is 0 Å². The molecule has 124 valence electrons. The highest BCUT2D eigenvalue weighted by Gasteiger charge is 2.33. The van der Waals surface area contributed by atoms with Gasteiger partial charge in [-0.2, -0.15) is 0 Å². The first-order valence-corrected chi connectivity index (χ1v) is 8.02. The normalized spacial score (nSPS) is 17.6. The Morgan fingerprint density at radius 1 is 1.35 bits per heavy atom. The van der Waals surface area contributed by atoms with Crippen LogP contribution >= 0.6 is 0 Å². The Morgan fingerprint density at radius 2 is 2.04 bits per heavy atom. The van der Waals surface area contributed by atoms with Crippen LogP contribution in [-0.2, 0) is 17.7 Å². The predicted octanol–water partition coefficient (Wildman–Crippen LogP) is 3.77. The quantitative estimate of drug-likeness (QED) is 0.614. The minimum absolute atomic E-state index is 0.122. The number of rotatable bonds is 2. The van der Waals surface area contributed by atoms with Gasteiger partial charge in [0.15, 0.2) is 0 Å². The number of nitrogens with zero attached hydrogens (tertiary/aromatic N) is 2. The molecule has 0 spiro atoms. The number of hydrogen-bond donors (Lipinski definition) is 0. The highest BCUT2D eigenvalue weighted by Crippen LogP contribution is 2.44. The maximum atomic E-state index is 12.2. The Balaban J connectivity index is 1.87. The Hall–Kier alpha value is -2.11. The fourth-order valence-electron chi connectivity index (χ4n) is 3.06. The van der Waals surface area contributed by atoms with Crippen molar-refractivity contribution in [2.24, 2.45) is 0 Å². The van der Waals surface area contributed by atoms with E-state index in [0.29, 0.717) is 19.0 Å². The van der Waals surface area contributed by atoms with Crippen molar-refractivity contribution in [2.45, 2.75) is 58.1 Å². The minimum Gasteiger partial charge on any atom is -0.444 e. The molecule has 1 aliphatic heterocycles. The van der Waals surface area contributed by atoms with Gasteiger partial charge < -0.3 is 9.64 Å². The molecule has 1 aromatic rings. The molecule has 23 heavy (non-hydrogen) atoms. The molecule has 3 rings (SSSR count). The number of carbonyl (C=O) groups is 1. The van der Waals surface area contributed by atoms with E-state index in [1.165, 1.54) is 5.56 Å². The van der Waals surface area contributed by atoms with Crippen LogP contribution in [0.15, 0.2) is 12.1 Å². The molecule has 6 heteroatoms. The van der Waals surface area contributed by atoms with Gasteiger partial charge in [0.25, 0.3) is 5.69 Å². The van der Waals surface area contributed by atoms with Crippen LogP contribution in [-0.4, -0.2) is 28.1 Å². The molecule has 0 N–H and O–H groups in total. The maximum absolute atomic E-state index is 12.2. The molecule has 0 atom stereocenters. The van der Waals surface area contributed by atoms with Gasteiger partial charge >= 0.3 is 6.09 Å². The van der Waals surface area contributed by atoms with E-state index in [2.05, 4.69) is 0 Å². The summed E-state index contributed by atoms with van der Waals surface area (Å²) in [6, 6.07) is 3.33. The van der Waals surface area contributed by atoms with Crippen LogP contribution in [0.3, 0.4) is 0 Å². The third-order valence-electron chi connectivity index (χ3n) is 4.23. The largest absolute Gasteiger partial charge is 0.444 e. The number of ether oxygens (including phenoxy) is 1. The van der Waals surface area contributed by atoms with E-state index in [4.69, 9.17) is 4.74 Å². The SMILES string of the molecule is CC(C)(C)OC(=O)N1CCc2c(cc([N+](=O)[O-])cc2C2CC2)C1. The monoisotopic (exact) mass is 318 g/mol. The maximum Gasteiger partial charge on any atom is 0.410 e. The third kappa shape index (κ3) is 3.46. The fraction of sp³-hybridized carbons (Fsp3) is 0.588. The van der Waals surface area contributed by atoms with Crippen LogP contribution in [0.5, 0.6) is 0 Å². The lowest BCUT2D eigenvalue weighted by atomic mass is 9.91. The third-order valence-corrected chi connectivity index (χ3v) is 4.23. The van der Waals surface area contributed by atoms with Crippen molar-refractivity contribution < 1.29 is 14.5 Å². The number of nitro benzene ring substituents is 1. The van der Waals surface area contributed by atoms with Crippen molar-refractivity contribution in [3.8, 4) is 0 Å². The summed E-state index contributed by atoms with van der Waals surface area (Å²) in [6.07, 6.45) is 2.58. The van der Waals surface area contributed by atoms with Crippen molar-refractivity contribution >= 4 is 11.8 Å². The summed E-state index contributed by atoms with van der Waals surface area (Å²) in [7, 11) is 0. The van der Waals surface area contributed by atoms with Gasteiger partial charge in [-0.25, -0.2) is 4.79 Å². The van der Waals surface area contributed by atoms with Gasteiger partial charge in [-0.1, -0.05) is 0 Å². The van der Waals surface area contributed by atoms with Crippen molar-refractivity contribution in [3.63, 3.8) is 0 Å². The second-order valence-electron chi connectivity index (χ2n) is 7.36. The number of fused-ring (bicyclic) bond motifs is 1. The van der Waals surface area contributed by atoms with E-state index >= 15 is 0 Å². The van der Waals surface area contributed by atoms with Gasteiger partial charge in [0.2, 0.25) is 0 Å². The molecule has 1 fully saturated rings. The molecule has 0 saturated heterocycles. The second-order valence-corrected chi connectivity index (χ2v) is 7.36. The first kappa shape index (κ1) is 15.8. The Bertz CT molecular complexity index is 659. The average molecular weight is 318 g/mol. The van der Waals surface area contributed by atoms with E-state index in [1.807, 2.05) is 20.8 Å². The second kappa shape index (κ2) is 5.51. The average Bonchev–Trinajstić information content (AvgIpc) is 3.28. The lowest BCUT2D eigenvalue weighted by Crippen LogP contribution is -2.40. The van der Waals surface area contributed by atoms with Gasteiger partial charge in [-0.05, 0) is 62.6 Å². The van der Waals surface area contributed by atoms with Crippen LogP contribution in [0, 0.1) is 10.1 Å². The molecule has 0 aromatic heterocycles. The zero-order valence-electron chi connectivity index (χ0n) is 13.8. The number of hydrogen-bond acceptors (Lipinski definition) is 4. The number of benzene rings is 1. The van der Waals surface area contributed by atoms with Crippen molar-refractivity contribution in [1.29, 1.82) is 0 Å². The van der Waals surface area contributed by atoms with Crippen molar-refractivity contribution in [1.82, 2.24) is 4.90 Å². The van der Waals surface area contributed by atoms with Gasteiger partial charge in [0.05, 0.1) is 4.92 Å². The van der Waals surface area contributed by atoms with Crippen molar-refractivity contribution in [3.05, 3.63) is 38.9 Å². The molecule has 1 saturated carbocycles. The standard InChI is InChI=1S/C17H22N2O4/c1-17(2,3)23-16(20)18-7-6-14-12(10-18)8-13(19(21)22)9-15(14)11-4-5-11/h8-9,11H,4-7,10H2,1-3H3. The number of carbonyl (C=O) groups excluding carboxylic acids is 1. The summed E-state index contributed by atoms with van der Waals surface area (Å²) in [6.45, 7) is 6.47. The summed E-state index contributed by atoms with van der Waals surface area (Å²) in [5.41, 5.74) is 2.77. The zero-order valence-corrected chi connectivity index (χ0v) is 13.8. The van der Waals surface area contributed by atoms with Gasteiger partial charge in [-0.3, -0.25) is 10.1 Å². The number of non-ortho nitro benzene ring substituents is 1. The van der Waals surface area contributed by atoms with Crippen LogP contribution in [0.1, 0.15) is 56.2 Å². The summed E-state index contributed by atoms with van der Waals surface area (Å²) in [5.74, 6) is 0.455. The molecular weight excluding hydrogens is 296 g/mol. The van der Waals surface area contributed by atoms with E-state index in [0.717, 1.165) is 30.4 Å². The van der Waals surface area contributed by atoms with Crippen LogP contribution in [0.2, 0.25) is 0 Å². The first-order chi connectivity index (χ1) is 10.7. The Morgan fingerprint density at radius 3 is 2.61 bits per heavy atom. The molecule has 1 heterocycles. The number of nitro groups is 1. The summed E-state index contributed by atoms with van der Waals surface area (Å²) in [5, 5.41) is 11.2. The van der Waals surface area contributed by atoms with E-state index in [1.54, 1.807) is 17.0 Å². The fourth-order valence-corrected chi connectivity index (χ4v) is 3.06. The summed E-state index contributed by atoms with van der Waals surface area (Å²) < 4.78 is 5.41. The molecule has 0 bridgehead atoms. The highest BCUT2D eigenvalue weighted by atomic mass is 16.6. The Kier molecular flexibility index (Phi) is 3.78. The van der Waals surface area contributed by atoms with E-state index in [9.17, 15) is 14.9 Å². The van der Waals surface area contributed by atoms with Crippen molar-refractivity contribution in [2.75, 3.05) is 6.54 Å². The molecule has 0 unspecified atom stereocenters. The van der Waals surface area contributed by atoms with E-state index in [-0.39, 0.29) is 16.7 Å². The zero-order chi connectivity index (χ0) is 16.8. The summed E-state index contributed by atoms with van der Waals surface area (Å²) >= 11 is 0. The van der Waals surface area contributed by atoms with Gasteiger partial charge in [0.1, 0.15) is 5.60 Å². The minimum atomic E-state index is -0.542. The molecule has 2 aliphatic rings. The van der Waals surface area contributed by atoms with E-state index < -0.39 is 5.60 Å². The first-order valence-electron chi connectivity index (χ1n) is 8.02. The highest BCUT2D eigenvalue weighted by molar-refractivity contribution is 5.69. The van der Waals surface area contributed by atoms with Crippen LogP contribution in [0.4, 0.5) is 10.5 Å². The smallest absolute Gasteiger partial charge is 0.410 e. The topological polar surface area (TPSA) is 72.7 Å². The molecule has 1 aliphatic carbocycles. The predicted molar refractivity (Wildman–Crippen MR) is 85.4 cm³/mol. The van der Waals surface area contributed by atoms with Crippen LogP contribution < -0.4 is 0 Å². The molecule has 1 amide bonds. The summed E-state index contributed by atoms with van der Waals surface area (Å²) in [4.78, 5) is 24.7. The molecular formula is C17H22N2O4. The molecule has 6 nitrogen and oxygen atoms in total. The molecule has 0 radical (unpaired) electrons. The lowest BCUT2D eigenvalue weighted by Gasteiger charge is -2.32. The Labute approximate surface area is 135 Å². The lowest BCUT2D eigenvalue weighted by molar-refractivity contribution is -0.385. The molecule has 1 aromatic carbocycles. The van der Waals surface area contributed by atoms with Gasteiger partial charge in [0, 0.05) is 25.2 Å².